The Labute approximate surface area is 109 Å². The minimum Gasteiger partial charge on any atom is -0.417 e. The first-order valence-electron chi connectivity index (χ1n) is 4.48. The molecule has 0 amide bonds. The highest BCUT2D eigenvalue weighted by Crippen LogP contribution is 2.33. The van der Waals surface area contributed by atoms with Gasteiger partial charge in [0.15, 0.2) is 0 Å². The highest BCUT2D eigenvalue weighted by molar-refractivity contribution is 9.10. The number of ether oxygens (including phenoxy) is 1. The van der Waals surface area contributed by atoms with Crippen molar-refractivity contribution in [1.82, 2.24) is 4.98 Å². The van der Waals surface area contributed by atoms with Crippen LogP contribution in [0.3, 0.4) is 0 Å². The van der Waals surface area contributed by atoms with Gasteiger partial charge in [-0.1, -0.05) is 11.6 Å². The third kappa shape index (κ3) is 2.77. The van der Waals surface area contributed by atoms with Crippen LogP contribution in [0.1, 0.15) is 5.69 Å². The van der Waals surface area contributed by atoms with Crippen LogP contribution in [0.2, 0.25) is 5.02 Å². The molecular formula is C10H6BrClFNO3. The Morgan fingerprint density at radius 1 is 1.53 bits per heavy atom. The number of rotatable bonds is 3. The summed E-state index contributed by atoms with van der Waals surface area (Å²) in [5.74, 6) is -0.433. The van der Waals surface area contributed by atoms with Gasteiger partial charge in [0, 0.05) is 6.07 Å². The van der Waals surface area contributed by atoms with Gasteiger partial charge in [-0.25, -0.2) is 4.39 Å². The summed E-state index contributed by atoms with van der Waals surface area (Å²) in [6, 6.07) is 2.47. The van der Waals surface area contributed by atoms with Gasteiger partial charge in [0.2, 0.25) is 0 Å². The average Bonchev–Trinajstić information content (AvgIpc) is 2.73. The first-order chi connectivity index (χ1) is 8.10. The number of aliphatic hydroxyl groups excluding tert-OH is 1. The van der Waals surface area contributed by atoms with Gasteiger partial charge in [0.1, 0.15) is 23.5 Å². The van der Waals surface area contributed by atoms with Gasteiger partial charge in [-0.3, -0.25) is 0 Å². The number of halogens is 3. The molecule has 0 saturated heterocycles. The number of hydrogen-bond acceptors (Lipinski definition) is 4. The van der Waals surface area contributed by atoms with Gasteiger partial charge in [-0.05, 0) is 22.0 Å². The van der Waals surface area contributed by atoms with E-state index in [0.717, 1.165) is 6.07 Å². The summed E-state index contributed by atoms with van der Waals surface area (Å²) in [6.07, 6.45) is 1.16. The molecule has 1 N–H and O–H groups in total. The van der Waals surface area contributed by atoms with E-state index in [1.165, 1.54) is 12.3 Å². The van der Waals surface area contributed by atoms with Crippen LogP contribution in [0.4, 0.5) is 4.39 Å². The normalized spacial score (nSPS) is 10.6. The molecule has 17 heavy (non-hydrogen) atoms. The van der Waals surface area contributed by atoms with Crippen LogP contribution in [0.15, 0.2) is 27.3 Å². The molecule has 0 radical (unpaired) electrons. The van der Waals surface area contributed by atoms with E-state index in [9.17, 15) is 4.39 Å². The van der Waals surface area contributed by atoms with E-state index >= 15 is 0 Å². The molecule has 0 aliphatic rings. The van der Waals surface area contributed by atoms with Gasteiger partial charge in [0.25, 0.3) is 0 Å². The fourth-order valence-electron chi connectivity index (χ4n) is 1.08. The van der Waals surface area contributed by atoms with Crippen LogP contribution in [0.25, 0.3) is 0 Å². The average molecular weight is 323 g/mol. The van der Waals surface area contributed by atoms with Crippen molar-refractivity contribution < 1.29 is 18.7 Å². The predicted octanol–water partition coefficient (Wildman–Crippen LogP) is 3.51. The molecule has 90 valence electrons. The number of aromatic nitrogens is 1. The van der Waals surface area contributed by atoms with E-state index in [4.69, 9.17) is 25.9 Å². The maximum absolute atomic E-state index is 13.2. The number of hydrogen-bond donors (Lipinski definition) is 1. The molecule has 0 aliphatic heterocycles. The third-order valence-electron chi connectivity index (χ3n) is 1.86. The summed E-state index contributed by atoms with van der Waals surface area (Å²) in [4.78, 5) is 3.80. The van der Waals surface area contributed by atoms with Crippen molar-refractivity contribution in [1.29, 1.82) is 0 Å². The van der Waals surface area contributed by atoms with E-state index in [2.05, 4.69) is 20.9 Å². The quantitative estimate of drug-likeness (QED) is 0.879. The molecule has 2 rings (SSSR count). The lowest BCUT2D eigenvalue weighted by atomic mass is 10.3. The molecule has 1 aromatic heterocycles. The summed E-state index contributed by atoms with van der Waals surface area (Å²) in [7, 11) is 0. The molecule has 1 heterocycles. The second-order valence-electron chi connectivity index (χ2n) is 3.06. The molecule has 0 atom stereocenters. The van der Waals surface area contributed by atoms with Gasteiger partial charge in [-0.2, -0.15) is 4.98 Å². The van der Waals surface area contributed by atoms with E-state index in [1.54, 1.807) is 0 Å². The zero-order chi connectivity index (χ0) is 12.4. The first kappa shape index (κ1) is 12.3. The zero-order valence-corrected chi connectivity index (χ0v) is 10.6. The smallest absolute Gasteiger partial charge is 0.399 e. The molecule has 7 heteroatoms. The van der Waals surface area contributed by atoms with Crippen molar-refractivity contribution in [3.63, 3.8) is 0 Å². The molecule has 0 unspecified atom stereocenters. The van der Waals surface area contributed by atoms with Crippen LogP contribution in [-0.4, -0.2) is 10.1 Å². The lowest BCUT2D eigenvalue weighted by Gasteiger charge is -2.04. The van der Waals surface area contributed by atoms with Crippen molar-refractivity contribution in [3.05, 3.63) is 39.4 Å². The molecule has 4 nitrogen and oxygen atoms in total. The fraction of sp³-hybridized carbons (Fsp3) is 0.100. The Balaban J connectivity index is 2.26. The fourth-order valence-corrected chi connectivity index (χ4v) is 1.80. The lowest BCUT2D eigenvalue weighted by molar-refractivity contribution is 0.276. The second-order valence-corrected chi connectivity index (χ2v) is 4.32. The van der Waals surface area contributed by atoms with Crippen LogP contribution in [0, 0.1) is 5.82 Å². The van der Waals surface area contributed by atoms with Gasteiger partial charge in [-0.15, -0.1) is 0 Å². The monoisotopic (exact) mass is 321 g/mol. The molecule has 0 spiro atoms. The zero-order valence-electron chi connectivity index (χ0n) is 8.28. The van der Waals surface area contributed by atoms with Crippen molar-refractivity contribution in [3.8, 4) is 11.8 Å². The van der Waals surface area contributed by atoms with E-state index in [-0.39, 0.29) is 23.5 Å². The highest BCUT2D eigenvalue weighted by Gasteiger charge is 2.12. The highest BCUT2D eigenvalue weighted by atomic mass is 79.9. The third-order valence-corrected chi connectivity index (χ3v) is 2.77. The lowest BCUT2D eigenvalue weighted by Crippen LogP contribution is -1.89. The molecule has 1 aromatic carbocycles. The van der Waals surface area contributed by atoms with E-state index in [0.29, 0.717) is 10.2 Å². The minimum absolute atomic E-state index is 0.0207. The van der Waals surface area contributed by atoms with Crippen LogP contribution < -0.4 is 4.74 Å². The number of oxazole rings is 1. The molecule has 0 saturated carbocycles. The summed E-state index contributed by atoms with van der Waals surface area (Å²) in [5, 5.41) is 8.77. The Kier molecular flexibility index (Phi) is 3.66. The summed E-state index contributed by atoms with van der Waals surface area (Å²) < 4.78 is 23.8. The van der Waals surface area contributed by atoms with Crippen LogP contribution in [0.5, 0.6) is 11.8 Å². The SMILES string of the molecule is OCc1coc(Oc2cc(F)c(Cl)cc2Br)n1. The summed E-state index contributed by atoms with van der Waals surface area (Å²) >= 11 is 8.75. The van der Waals surface area contributed by atoms with Crippen LogP contribution in [-0.2, 0) is 6.61 Å². The van der Waals surface area contributed by atoms with Crippen LogP contribution >= 0.6 is 27.5 Å². The van der Waals surface area contributed by atoms with E-state index < -0.39 is 5.82 Å². The predicted molar refractivity (Wildman–Crippen MR) is 61.6 cm³/mol. The first-order valence-corrected chi connectivity index (χ1v) is 5.65. The van der Waals surface area contributed by atoms with Gasteiger partial charge in [0.05, 0.1) is 16.1 Å². The Morgan fingerprint density at radius 2 is 2.29 bits per heavy atom. The van der Waals surface area contributed by atoms with Gasteiger partial charge >= 0.3 is 6.08 Å². The van der Waals surface area contributed by atoms with Crippen molar-refractivity contribution in [2.75, 3.05) is 0 Å². The molecule has 2 aromatic rings. The number of aliphatic hydroxyl groups is 1. The summed E-state index contributed by atoms with van der Waals surface area (Å²) in [6.45, 7) is -0.261. The van der Waals surface area contributed by atoms with Crippen molar-refractivity contribution in [2.24, 2.45) is 0 Å². The van der Waals surface area contributed by atoms with E-state index in [1.807, 2.05) is 0 Å². The molecule has 0 fully saturated rings. The Morgan fingerprint density at radius 3 is 2.94 bits per heavy atom. The maximum Gasteiger partial charge on any atom is 0.399 e. The van der Waals surface area contributed by atoms with Crippen molar-refractivity contribution >= 4 is 27.5 Å². The minimum atomic E-state index is -0.612. The number of benzene rings is 1. The standard InChI is InChI=1S/C10H6BrClFNO3/c11-6-1-7(12)8(13)2-9(6)17-10-14-5(3-15)4-16-10/h1-2,4,15H,3H2. The second kappa shape index (κ2) is 5.03. The number of nitrogens with zero attached hydrogens (tertiary/aromatic N) is 1. The molecule has 0 bridgehead atoms. The Hall–Kier alpha value is -1.11. The van der Waals surface area contributed by atoms with Crippen molar-refractivity contribution in [2.45, 2.75) is 6.61 Å². The topological polar surface area (TPSA) is 55.5 Å². The molecule has 0 aliphatic carbocycles. The molecular weight excluding hydrogens is 316 g/mol. The largest absolute Gasteiger partial charge is 0.417 e. The Bertz CT molecular complexity index is 546. The maximum atomic E-state index is 13.2. The summed E-state index contributed by atoms with van der Waals surface area (Å²) in [5.41, 5.74) is 0.325. The van der Waals surface area contributed by atoms with Gasteiger partial charge < -0.3 is 14.3 Å².